The third-order valence-corrected chi connectivity index (χ3v) is 2.16. The van der Waals surface area contributed by atoms with Crippen molar-refractivity contribution >= 4 is 19.9 Å². The van der Waals surface area contributed by atoms with Crippen LogP contribution >= 0.6 is 11.6 Å². The molecule has 0 aromatic heterocycles. The first-order chi connectivity index (χ1) is 4.95. The summed E-state index contributed by atoms with van der Waals surface area (Å²) in [6, 6.07) is 0. The Labute approximate surface area is 75.5 Å². The van der Waals surface area contributed by atoms with Gasteiger partial charge in [0.15, 0.2) is 0 Å². The summed E-state index contributed by atoms with van der Waals surface area (Å²) in [5, 5.41) is 0. The molecule has 0 radical (unpaired) electrons. The lowest BCUT2D eigenvalue weighted by molar-refractivity contribution is 0.422. The predicted octanol–water partition coefficient (Wildman–Crippen LogP) is 3.37. The van der Waals surface area contributed by atoms with Crippen molar-refractivity contribution in [3.05, 3.63) is 11.8 Å². The van der Waals surface area contributed by atoms with E-state index in [1.165, 1.54) is 0 Å². The molecular weight excluding hydrogens is 176 g/mol. The zero-order valence-electron chi connectivity index (χ0n) is 7.78. The smallest absolute Gasteiger partial charge is 0.241 e. The van der Waals surface area contributed by atoms with E-state index in [4.69, 9.17) is 16.0 Å². The summed E-state index contributed by atoms with van der Waals surface area (Å²) in [7, 11) is -1.38. The minimum absolute atomic E-state index is 0.673. The molecule has 0 aromatic carbocycles. The minimum Gasteiger partial charge on any atom is -0.548 e. The molecule has 0 rings (SSSR count). The summed E-state index contributed by atoms with van der Waals surface area (Å²) in [6.45, 7) is 8.51. The van der Waals surface area contributed by atoms with Gasteiger partial charge in [0.1, 0.15) is 0 Å². The molecule has 0 N–H and O–H groups in total. The largest absolute Gasteiger partial charge is 0.548 e. The highest BCUT2D eigenvalue weighted by molar-refractivity contribution is 6.70. The number of rotatable bonds is 4. The first kappa shape index (κ1) is 11.0. The van der Waals surface area contributed by atoms with Crippen LogP contribution in [-0.4, -0.2) is 14.2 Å². The van der Waals surface area contributed by atoms with Crippen molar-refractivity contribution in [3.63, 3.8) is 0 Å². The predicted molar refractivity (Wildman–Crippen MR) is 53.5 cm³/mol. The van der Waals surface area contributed by atoms with Gasteiger partial charge in [0.05, 0.1) is 5.76 Å². The molecule has 3 heteroatoms. The van der Waals surface area contributed by atoms with Gasteiger partial charge in [0, 0.05) is 5.88 Å². The van der Waals surface area contributed by atoms with Crippen molar-refractivity contribution < 1.29 is 4.43 Å². The average molecular weight is 193 g/mol. The second-order valence-corrected chi connectivity index (χ2v) is 8.31. The molecule has 0 amide bonds. The van der Waals surface area contributed by atoms with E-state index in [0.717, 1.165) is 12.2 Å². The molecule has 0 saturated heterocycles. The maximum absolute atomic E-state index is 5.68. The van der Waals surface area contributed by atoms with Gasteiger partial charge in [-0.2, -0.15) is 0 Å². The van der Waals surface area contributed by atoms with Crippen LogP contribution in [0.1, 0.15) is 13.3 Å². The Morgan fingerprint density at radius 3 is 2.36 bits per heavy atom. The summed E-state index contributed by atoms with van der Waals surface area (Å²) in [4.78, 5) is 0. The van der Waals surface area contributed by atoms with Crippen LogP contribution in [0.25, 0.3) is 0 Å². The Hall–Kier alpha value is 0.0469. The van der Waals surface area contributed by atoms with E-state index < -0.39 is 8.32 Å². The lowest BCUT2D eigenvalue weighted by Gasteiger charge is -2.19. The molecule has 0 unspecified atom stereocenters. The fourth-order valence-corrected chi connectivity index (χ4v) is 1.94. The fraction of sp³-hybridized carbons (Fsp3) is 0.750. The van der Waals surface area contributed by atoms with Crippen LogP contribution in [0, 0.1) is 0 Å². The standard InChI is InChI=1S/C8H17ClOSi/c1-8(6-5-7-9)10-11(2,3)4/h6H,5,7H2,1-4H3/b8-6-. The van der Waals surface area contributed by atoms with Crippen LogP contribution in [0.4, 0.5) is 0 Å². The summed E-state index contributed by atoms with van der Waals surface area (Å²) >= 11 is 5.53. The molecule has 0 spiro atoms. The summed E-state index contributed by atoms with van der Waals surface area (Å²) in [5.41, 5.74) is 0. The molecule has 0 fully saturated rings. The van der Waals surface area contributed by atoms with Crippen molar-refractivity contribution in [2.75, 3.05) is 5.88 Å². The molecule has 0 saturated carbocycles. The number of alkyl halides is 1. The zero-order valence-corrected chi connectivity index (χ0v) is 9.53. The SMILES string of the molecule is C/C(=C/CCCl)O[Si](C)(C)C. The van der Waals surface area contributed by atoms with Gasteiger partial charge in [-0.1, -0.05) is 0 Å². The van der Waals surface area contributed by atoms with Crippen LogP contribution in [0.15, 0.2) is 11.8 Å². The fourth-order valence-electron chi connectivity index (χ4n) is 0.782. The molecule has 1 nitrogen and oxygen atoms in total. The van der Waals surface area contributed by atoms with Crippen molar-refractivity contribution in [2.45, 2.75) is 33.0 Å². The molecule has 0 bridgehead atoms. The van der Waals surface area contributed by atoms with Crippen molar-refractivity contribution in [3.8, 4) is 0 Å². The van der Waals surface area contributed by atoms with E-state index in [0.29, 0.717) is 5.88 Å². The Kier molecular flexibility index (Phi) is 4.85. The van der Waals surface area contributed by atoms with Gasteiger partial charge in [-0.05, 0) is 39.1 Å². The molecule has 11 heavy (non-hydrogen) atoms. The Morgan fingerprint density at radius 1 is 1.45 bits per heavy atom. The molecule has 66 valence electrons. The van der Waals surface area contributed by atoms with Crippen LogP contribution in [-0.2, 0) is 4.43 Å². The molecule has 0 atom stereocenters. The van der Waals surface area contributed by atoms with Crippen molar-refractivity contribution in [1.82, 2.24) is 0 Å². The Bertz CT molecular complexity index is 138. The third-order valence-electron chi connectivity index (χ3n) is 1.01. The van der Waals surface area contributed by atoms with Crippen molar-refractivity contribution in [1.29, 1.82) is 0 Å². The lowest BCUT2D eigenvalue weighted by Crippen LogP contribution is -2.24. The topological polar surface area (TPSA) is 9.23 Å². The maximum atomic E-state index is 5.68. The van der Waals surface area contributed by atoms with E-state index >= 15 is 0 Å². The van der Waals surface area contributed by atoms with Gasteiger partial charge in [-0.25, -0.2) is 0 Å². The Morgan fingerprint density at radius 2 is 2.00 bits per heavy atom. The number of hydrogen-bond acceptors (Lipinski definition) is 1. The second kappa shape index (κ2) is 4.83. The average Bonchev–Trinajstić information content (AvgIpc) is 1.79. The lowest BCUT2D eigenvalue weighted by atomic mass is 10.4. The molecule has 0 aliphatic carbocycles. The maximum Gasteiger partial charge on any atom is 0.241 e. The molecule has 0 aromatic rings. The van der Waals surface area contributed by atoms with Crippen LogP contribution < -0.4 is 0 Å². The quantitative estimate of drug-likeness (QED) is 0.377. The molecule has 0 aliphatic rings. The number of allylic oxidation sites excluding steroid dienone is 2. The molecule has 0 aliphatic heterocycles. The van der Waals surface area contributed by atoms with E-state index in [2.05, 4.69) is 19.6 Å². The minimum atomic E-state index is -1.38. The van der Waals surface area contributed by atoms with Gasteiger partial charge in [0.2, 0.25) is 8.32 Å². The normalized spacial score (nSPS) is 13.4. The number of hydrogen-bond donors (Lipinski definition) is 0. The first-order valence-electron chi connectivity index (χ1n) is 3.87. The van der Waals surface area contributed by atoms with E-state index in [1.54, 1.807) is 0 Å². The summed E-state index contributed by atoms with van der Waals surface area (Å²) in [5.74, 6) is 1.69. The van der Waals surface area contributed by atoms with Gasteiger partial charge in [0.25, 0.3) is 0 Å². The van der Waals surface area contributed by atoms with Gasteiger partial charge >= 0.3 is 0 Å². The van der Waals surface area contributed by atoms with Gasteiger partial charge in [-0.3, -0.25) is 0 Å². The van der Waals surface area contributed by atoms with E-state index in [1.807, 2.05) is 13.0 Å². The summed E-state index contributed by atoms with van der Waals surface area (Å²) in [6.07, 6.45) is 2.95. The van der Waals surface area contributed by atoms with Crippen molar-refractivity contribution in [2.24, 2.45) is 0 Å². The second-order valence-electron chi connectivity index (χ2n) is 3.51. The van der Waals surface area contributed by atoms with E-state index in [-0.39, 0.29) is 0 Å². The van der Waals surface area contributed by atoms with E-state index in [9.17, 15) is 0 Å². The van der Waals surface area contributed by atoms with Gasteiger partial charge in [-0.15, -0.1) is 11.6 Å². The Balaban J connectivity index is 3.76. The highest BCUT2D eigenvalue weighted by Crippen LogP contribution is 2.10. The zero-order chi connectivity index (χ0) is 8.91. The van der Waals surface area contributed by atoms with Crippen LogP contribution in [0.5, 0.6) is 0 Å². The third kappa shape index (κ3) is 7.95. The van der Waals surface area contributed by atoms with Gasteiger partial charge < -0.3 is 4.43 Å². The first-order valence-corrected chi connectivity index (χ1v) is 7.82. The number of halogens is 1. The highest BCUT2D eigenvalue weighted by atomic mass is 35.5. The van der Waals surface area contributed by atoms with Crippen LogP contribution in [0.2, 0.25) is 19.6 Å². The van der Waals surface area contributed by atoms with Crippen LogP contribution in [0.3, 0.4) is 0 Å². The monoisotopic (exact) mass is 192 g/mol. The highest BCUT2D eigenvalue weighted by Gasteiger charge is 2.15. The molecular formula is C8H17ClOSi. The summed E-state index contributed by atoms with van der Waals surface area (Å²) < 4.78 is 5.68. The molecule has 0 heterocycles.